The monoisotopic (exact) mass is 449 g/mol. The number of benzene rings is 2. The van der Waals surface area contributed by atoms with Gasteiger partial charge in [0.15, 0.2) is 0 Å². The van der Waals surface area contributed by atoms with Crippen molar-refractivity contribution in [1.29, 1.82) is 0 Å². The molecule has 3 aromatic rings. The molecule has 32 heavy (non-hydrogen) atoms. The van der Waals surface area contributed by atoms with Gasteiger partial charge in [0.1, 0.15) is 16.5 Å². The van der Waals surface area contributed by atoms with Crippen molar-refractivity contribution >= 4 is 33.9 Å². The molecule has 4 rings (SSSR count). The lowest BCUT2D eigenvalue weighted by Gasteiger charge is -2.22. The SMILES string of the molecule is Cc1ccc([C@H]2/C(=C(\O)c3ccc(OC(C)C)cc3)C(=O)C(=O)N2c2nnc(C)s2)cc1. The fourth-order valence-electron chi connectivity index (χ4n) is 3.60. The summed E-state index contributed by atoms with van der Waals surface area (Å²) >= 11 is 1.22. The van der Waals surface area contributed by atoms with E-state index in [0.717, 1.165) is 5.56 Å². The molecule has 0 radical (unpaired) electrons. The van der Waals surface area contributed by atoms with Crippen molar-refractivity contribution in [2.45, 2.75) is 39.8 Å². The van der Waals surface area contributed by atoms with Gasteiger partial charge in [0.25, 0.3) is 5.78 Å². The van der Waals surface area contributed by atoms with Crippen LogP contribution in [0.1, 0.15) is 41.6 Å². The summed E-state index contributed by atoms with van der Waals surface area (Å²) in [5, 5.41) is 20.2. The molecule has 0 spiro atoms. The van der Waals surface area contributed by atoms with E-state index < -0.39 is 17.7 Å². The number of aromatic nitrogens is 2. The Morgan fingerprint density at radius 3 is 2.25 bits per heavy atom. The van der Waals surface area contributed by atoms with Crippen molar-refractivity contribution in [3.8, 4) is 5.75 Å². The topological polar surface area (TPSA) is 92.6 Å². The number of ketones is 1. The van der Waals surface area contributed by atoms with Crippen LogP contribution in [0, 0.1) is 13.8 Å². The zero-order chi connectivity index (χ0) is 23.0. The first-order chi connectivity index (χ1) is 15.3. The normalized spacial score (nSPS) is 17.9. The Hall–Kier alpha value is -3.52. The highest BCUT2D eigenvalue weighted by atomic mass is 32.1. The van der Waals surface area contributed by atoms with Crippen LogP contribution in [0.2, 0.25) is 0 Å². The lowest BCUT2D eigenvalue weighted by atomic mass is 9.95. The van der Waals surface area contributed by atoms with Gasteiger partial charge in [0, 0.05) is 5.56 Å². The predicted molar refractivity (Wildman–Crippen MR) is 123 cm³/mol. The lowest BCUT2D eigenvalue weighted by molar-refractivity contribution is -0.132. The van der Waals surface area contributed by atoms with E-state index in [4.69, 9.17) is 4.74 Å². The summed E-state index contributed by atoms with van der Waals surface area (Å²) in [6, 6.07) is 13.5. The number of rotatable bonds is 5. The molecule has 0 aliphatic carbocycles. The summed E-state index contributed by atoms with van der Waals surface area (Å²) in [6.45, 7) is 7.58. The summed E-state index contributed by atoms with van der Waals surface area (Å²) in [5.41, 5.74) is 2.18. The zero-order valence-corrected chi connectivity index (χ0v) is 19.0. The first-order valence-electron chi connectivity index (χ1n) is 10.2. The van der Waals surface area contributed by atoms with Crippen LogP contribution >= 0.6 is 11.3 Å². The van der Waals surface area contributed by atoms with Gasteiger partial charge in [-0.3, -0.25) is 14.5 Å². The van der Waals surface area contributed by atoms with Crippen molar-refractivity contribution in [1.82, 2.24) is 10.2 Å². The summed E-state index contributed by atoms with van der Waals surface area (Å²) in [7, 11) is 0. The third-order valence-electron chi connectivity index (χ3n) is 5.06. The van der Waals surface area contributed by atoms with Crippen molar-refractivity contribution in [2.24, 2.45) is 0 Å². The highest BCUT2D eigenvalue weighted by Crippen LogP contribution is 2.43. The van der Waals surface area contributed by atoms with E-state index in [1.54, 1.807) is 31.2 Å². The molecule has 0 saturated carbocycles. The molecule has 164 valence electrons. The third-order valence-corrected chi connectivity index (χ3v) is 5.90. The summed E-state index contributed by atoms with van der Waals surface area (Å²) < 4.78 is 5.65. The molecule has 1 saturated heterocycles. The van der Waals surface area contributed by atoms with Crippen LogP contribution < -0.4 is 9.64 Å². The number of amides is 1. The molecular formula is C24H23N3O4S. The highest BCUT2D eigenvalue weighted by molar-refractivity contribution is 7.15. The first-order valence-corrected chi connectivity index (χ1v) is 11.0. The Labute approximate surface area is 190 Å². The number of carbonyl (C=O) groups is 2. The van der Waals surface area contributed by atoms with Gasteiger partial charge in [0.05, 0.1) is 17.7 Å². The number of nitrogens with zero attached hydrogens (tertiary/aromatic N) is 3. The minimum Gasteiger partial charge on any atom is -0.507 e. The molecule has 2 heterocycles. The molecule has 1 amide bonds. The number of carbonyl (C=O) groups excluding carboxylic acids is 2. The Morgan fingerprint density at radius 2 is 1.69 bits per heavy atom. The first kappa shape index (κ1) is 21.7. The van der Waals surface area contributed by atoms with Gasteiger partial charge in [-0.2, -0.15) is 0 Å². The molecule has 7 nitrogen and oxygen atoms in total. The van der Waals surface area contributed by atoms with Crippen LogP contribution in [-0.2, 0) is 9.59 Å². The maximum atomic E-state index is 13.1. The third kappa shape index (κ3) is 4.01. The van der Waals surface area contributed by atoms with Crippen molar-refractivity contribution in [2.75, 3.05) is 4.90 Å². The summed E-state index contributed by atoms with van der Waals surface area (Å²) in [4.78, 5) is 27.5. The average Bonchev–Trinajstić information content (AvgIpc) is 3.29. The van der Waals surface area contributed by atoms with Crippen LogP contribution in [0.4, 0.5) is 5.13 Å². The van der Waals surface area contributed by atoms with E-state index in [1.165, 1.54) is 16.2 Å². The number of hydrogen-bond acceptors (Lipinski definition) is 7. The van der Waals surface area contributed by atoms with Crippen molar-refractivity contribution < 1.29 is 19.4 Å². The van der Waals surface area contributed by atoms with Gasteiger partial charge in [-0.25, -0.2) is 0 Å². The van der Waals surface area contributed by atoms with Crippen LogP contribution in [0.25, 0.3) is 5.76 Å². The van der Waals surface area contributed by atoms with E-state index in [0.29, 0.717) is 27.0 Å². The second-order valence-corrected chi connectivity index (χ2v) is 9.03. The lowest BCUT2D eigenvalue weighted by Crippen LogP contribution is -2.29. The molecule has 2 aromatic carbocycles. The van der Waals surface area contributed by atoms with Gasteiger partial charge in [-0.05, 0) is 57.5 Å². The van der Waals surface area contributed by atoms with Gasteiger partial charge in [-0.1, -0.05) is 41.2 Å². The van der Waals surface area contributed by atoms with Crippen LogP contribution in [0.5, 0.6) is 5.75 Å². The average molecular weight is 450 g/mol. The van der Waals surface area contributed by atoms with Crippen molar-refractivity contribution in [3.05, 3.63) is 75.8 Å². The van der Waals surface area contributed by atoms with Crippen LogP contribution in [-0.4, -0.2) is 33.1 Å². The molecule has 8 heteroatoms. The van der Waals surface area contributed by atoms with E-state index >= 15 is 0 Å². The molecule has 1 fully saturated rings. The van der Waals surface area contributed by atoms with Crippen LogP contribution in [0.15, 0.2) is 54.1 Å². The maximum Gasteiger partial charge on any atom is 0.301 e. The standard InChI is InChI=1S/C24H23N3O4S/c1-13(2)31-18-11-9-17(10-12-18)21(28)19-20(16-7-5-14(3)6-8-16)27(23(30)22(19)29)24-26-25-15(4)32-24/h5-13,20,28H,1-4H3/b21-19+/t20-/m0/s1. The minimum atomic E-state index is -0.811. The number of aryl methyl sites for hydroxylation is 2. The number of hydrogen-bond donors (Lipinski definition) is 1. The van der Waals surface area contributed by atoms with E-state index in [1.807, 2.05) is 45.0 Å². The molecule has 1 N–H and O–H groups in total. The van der Waals surface area contributed by atoms with Gasteiger partial charge >= 0.3 is 5.91 Å². The second-order valence-electron chi connectivity index (χ2n) is 7.87. The smallest absolute Gasteiger partial charge is 0.301 e. The quantitative estimate of drug-likeness (QED) is 0.349. The molecule has 1 aromatic heterocycles. The largest absolute Gasteiger partial charge is 0.507 e. The Balaban J connectivity index is 1.85. The van der Waals surface area contributed by atoms with Gasteiger partial charge in [-0.15, -0.1) is 10.2 Å². The molecule has 1 aliphatic rings. The van der Waals surface area contributed by atoms with E-state index in [2.05, 4.69) is 10.2 Å². The van der Waals surface area contributed by atoms with E-state index in [9.17, 15) is 14.7 Å². The minimum absolute atomic E-state index is 0.0108. The van der Waals surface area contributed by atoms with Crippen molar-refractivity contribution in [3.63, 3.8) is 0 Å². The predicted octanol–water partition coefficient (Wildman–Crippen LogP) is 4.57. The Bertz CT molecular complexity index is 1200. The Kier molecular flexibility index (Phi) is 5.80. The van der Waals surface area contributed by atoms with Gasteiger partial charge < -0.3 is 9.84 Å². The maximum absolute atomic E-state index is 13.1. The van der Waals surface area contributed by atoms with Gasteiger partial charge in [0.2, 0.25) is 5.13 Å². The number of ether oxygens (including phenoxy) is 1. The number of aliphatic hydroxyl groups excluding tert-OH is 1. The highest BCUT2D eigenvalue weighted by Gasteiger charge is 2.48. The summed E-state index contributed by atoms with van der Waals surface area (Å²) in [5.74, 6) is -1.10. The molecule has 0 bridgehead atoms. The number of Topliss-reactive ketones (excluding diaryl/α,β-unsaturated/α-hetero) is 1. The Morgan fingerprint density at radius 1 is 1.03 bits per heavy atom. The number of anilines is 1. The zero-order valence-electron chi connectivity index (χ0n) is 18.2. The molecule has 1 aliphatic heterocycles. The summed E-state index contributed by atoms with van der Waals surface area (Å²) in [6.07, 6.45) is 0.0108. The second kappa shape index (κ2) is 8.55. The van der Waals surface area contributed by atoms with Crippen LogP contribution in [0.3, 0.4) is 0 Å². The molecule has 0 unspecified atom stereocenters. The fraction of sp³-hybridized carbons (Fsp3) is 0.250. The molecule has 1 atom stereocenters. The number of aliphatic hydroxyl groups is 1. The molecular weight excluding hydrogens is 426 g/mol. The van der Waals surface area contributed by atoms with E-state index in [-0.39, 0.29) is 17.4 Å². The fourth-order valence-corrected chi connectivity index (χ4v) is 4.31.